The van der Waals surface area contributed by atoms with Crippen LogP contribution in [0.5, 0.6) is 0 Å². The van der Waals surface area contributed by atoms with E-state index in [0.29, 0.717) is 26.2 Å². The Balaban J connectivity index is 1.85. The van der Waals surface area contributed by atoms with Crippen LogP contribution in [-0.2, 0) is 14.8 Å². The molecule has 0 radical (unpaired) electrons. The Morgan fingerprint density at radius 2 is 1.71 bits per heavy atom. The molecule has 2 aliphatic rings. The number of carbonyl (C=O) groups excluding carboxylic acids is 1. The maximum absolute atomic E-state index is 12.4. The van der Waals surface area contributed by atoms with Crippen LogP contribution < -0.4 is 0 Å². The summed E-state index contributed by atoms with van der Waals surface area (Å²) in [4.78, 5) is 16.4. The zero-order chi connectivity index (χ0) is 15.6. The van der Waals surface area contributed by atoms with Gasteiger partial charge in [-0.1, -0.05) is 6.92 Å². The molecule has 2 heterocycles. The zero-order valence-electron chi connectivity index (χ0n) is 13.3. The number of sulfonamides is 1. The van der Waals surface area contributed by atoms with Gasteiger partial charge in [0, 0.05) is 25.7 Å². The number of carbonyl (C=O) groups is 1. The summed E-state index contributed by atoms with van der Waals surface area (Å²) in [5.74, 6) is 0.888. The summed E-state index contributed by atoms with van der Waals surface area (Å²) in [6, 6.07) is -0.140. The van der Waals surface area contributed by atoms with Gasteiger partial charge in [-0.3, -0.25) is 9.69 Å². The molecule has 0 aromatic rings. The Kier molecular flexibility index (Phi) is 5.27. The van der Waals surface area contributed by atoms with Crippen molar-refractivity contribution in [3.05, 3.63) is 0 Å². The fourth-order valence-corrected chi connectivity index (χ4v) is 4.31. The average Bonchev–Trinajstić information content (AvgIpc) is 2.39. The van der Waals surface area contributed by atoms with Crippen LogP contribution >= 0.6 is 0 Å². The third kappa shape index (κ3) is 4.40. The summed E-state index contributed by atoms with van der Waals surface area (Å²) in [5, 5.41) is 0. The van der Waals surface area contributed by atoms with E-state index in [9.17, 15) is 13.2 Å². The molecule has 0 bridgehead atoms. The number of nitrogens with zero attached hydrogens (tertiary/aromatic N) is 3. The third-order valence-corrected chi connectivity index (χ3v) is 5.97. The summed E-state index contributed by atoms with van der Waals surface area (Å²) in [7, 11) is -3.17. The largest absolute Gasteiger partial charge is 0.339 e. The highest BCUT2D eigenvalue weighted by atomic mass is 32.2. The Morgan fingerprint density at radius 1 is 1.10 bits per heavy atom. The average molecular weight is 317 g/mol. The van der Waals surface area contributed by atoms with Crippen molar-refractivity contribution in [3.8, 4) is 0 Å². The lowest BCUT2D eigenvalue weighted by atomic mass is 9.99. The normalized spacial score (nSPS) is 27.0. The Labute approximate surface area is 128 Å². The molecule has 122 valence electrons. The van der Waals surface area contributed by atoms with E-state index in [1.165, 1.54) is 10.6 Å². The van der Waals surface area contributed by atoms with Gasteiger partial charge < -0.3 is 4.90 Å². The van der Waals surface area contributed by atoms with Gasteiger partial charge in [0.2, 0.25) is 15.9 Å². The molecule has 7 heteroatoms. The smallest absolute Gasteiger partial charge is 0.236 e. The first-order chi connectivity index (χ1) is 9.77. The lowest BCUT2D eigenvalue weighted by molar-refractivity contribution is -0.134. The lowest BCUT2D eigenvalue weighted by Gasteiger charge is -2.39. The molecule has 2 saturated heterocycles. The van der Waals surface area contributed by atoms with Crippen LogP contribution in [0.4, 0.5) is 0 Å². The quantitative estimate of drug-likeness (QED) is 0.747. The topological polar surface area (TPSA) is 60.9 Å². The molecule has 2 rings (SSSR count). The van der Waals surface area contributed by atoms with Crippen molar-refractivity contribution >= 4 is 15.9 Å². The van der Waals surface area contributed by atoms with Gasteiger partial charge in [-0.2, -0.15) is 4.31 Å². The van der Waals surface area contributed by atoms with Gasteiger partial charge in [0.1, 0.15) is 0 Å². The molecule has 0 aromatic heterocycles. The van der Waals surface area contributed by atoms with Crippen LogP contribution in [0.15, 0.2) is 0 Å². The van der Waals surface area contributed by atoms with E-state index < -0.39 is 10.0 Å². The molecule has 0 unspecified atom stereocenters. The molecule has 21 heavy (non-hydrogen) atoms. The highest BCUT2D eigenvalue weighted by molar-refractivity contribution is 7.88. The van der Waals surface area contributed by atoms with E-state index in [0.717, 1.165) is 31.8 Å². The molecular weight excluding hydrogens is 290 g/mol. The molecule has 0 aromatic carbocycles. The molecule has 0 saturated carbocycles. The highest BCUT2D eigenvalue weighted by Gasteiger charge is 2.32. The molecular formula is C14H27N3O3S. The minimum absolute atomic E-state index is 0.129. The second-order valence-electron chi connectivity index (χ2n) is 6.52. The first kappa shape index (κ1) is 16.7. The van der Waals surface area contributed by atoms with Crippen molar-refractivity contribution in [2.75, 3.05) is 45.5 Å². The molecule has 0 spiro atoms. The number of hydrogen-bond donors (Lipinski definition) is 0. The molecule has 2 fully saturated rings. The minimum atomic E-state index is -3.17. The van der Waals surface area contributed by atoms with Gasteiger partial charge in [-0.15, -0.1) is 0 Å². The van der Waals surface area contributed by atoms with Crippen molar-refractivity contribution in [3.63, 3.8) is 0 Å². The molecule has 2 aliphatic heterocycles. The minimum Gasteiger partial charge on any atom is -0.339 e. The molecule has 1 atom stereocenters. The Hall–Kier alpha value is -0.660. The van der Waals surface area contributed by atoms with Crippen LogP contribution in [0.3, 0.4) is 0 Å². The van der Waals surface area contributed by atoms with Gasteiger partial charge in [-0.25, -0.2) is 8.42 Å². The molecule has 1 amide bonds. The second-order valence-corrected chi connectivity index (χ2v) is 8.46. The first-order valence-corrected chi connectivity index (χ1v) is 9.59. The van der Waals surface area contributed by atoms with E-state index in [1.54, 1.807) is 0 Å². The number of hydrogen-bond acceptors (Lipinski definition) is 4. The summed E-state index contributed by atoms with van der Waals surface area (Å²) in [6.07, 6.45) is 3.55. The van der Waals surface area contributed by atoms with E-state index in [2.05, 4.69) is 11.8 Å². The summed E-state index contributed by atoms with van der Waals surface area (Å²) < 4.78 is 24.8. The number of piperidine rings is 1. The van der Waals surface area contributed by atoms with Crippen molar-refractivity contribution in [2.24, 2.45) is 5.92 Å². The molecule has 0 N–H and O–H groups in total. The number of rotatable bonds is 3. The number of likely N-dealkylation sites (tertiary alicyclic amines) is 1. The van der Waals surface area contributed by atoms with Crippen LogP contribution in [0.2, 0.25) is 0 Å². The van der Waals surface area contributed by atoms with Crippen LogP contribution in [0.25, 0.3) is 0 Å². The monoisotopic (exact) mass is 317 g/mol. The van der Waals surface area contributed by atoms with Gasteiger partial charge in [0.25, 0.3) is 0 Å². The fourth-order valence-electron chi connectivity index (χ4n) is 3.17. The van der Waals surface area contributed by atoms with E-state index in [1.807, 2.05) is 11.8 Å². The lowest BCUT2D eigenvalue weighted by Crippen LogP contribution is -2.56. The van der Waals surface area contributed by atoms with Crippen molar-refractivity contribution in [2.45, 2.75) is 32.7 Å². The predicted molar refractivity (Wildman–Crippen MR) is 82.4 cm³/mol. The standard InChI is InChI=1S/C14H27N3O3S/c1-12-4-6-15(7-5-12)11-14(18)16-8-9-17(13(2)10-16)21(3,19)20/h12-13H,4-11H2,1-3H3/t13-/m0/s1. The van der Waals surface area contributed by atoms with Crippen LogP contribution in [0.1, 0.15) is 26.7 Å². The summed E-state index contributed by atoms with van der Waals surface area (Å²) >= 11 is 0. The maximum atomic E-state index is 12.4. The SMILES string of the molecule is CC1CCN(CC(=O)N2CCN(S(C)(=O)=O)[C@@H](C)C2)CC1. The maximum Gasteiger partial charge on any atom is 0.236 e. The van der Waals surface area contributed by atoms with Crippen LogP contribution in [-0.4, -0.2) is 80.0 Å². The van der Waals surface area contributed by atoms with Crippen molar-refractivity contribution < 1.29 is 13.2 Å². The van der Waals surface area contributed by atoms with E-state index in [-0.39, 0.29) is 11.9 Å². The summed E-state index contributed by atoms with van der Waals surface area (Å²) in [6.45, 7) is 7.98. The Bertz CT molecular complexity index is 472. The Morgan fingerprint density at radius 3 is 2.24 bits per heavy atom. The van der Waals surface area contributed by atoms with Gasteiger partial charge in [0.15, 0.2) is 0 Å². The van der Waals surface area contributed by atoms with E-state index >= 15 is 0 Å². The summed E-state index contributed by atoms with van der Waals surface area (Å²) in [5.41, 5.74) is 0. The third-order valence-electron chi connectivity index (χ3n) is 4.58. The fraction of sp³-hybridized carbons (Fsp3) is 0.929. The zero-order valence-corrected chi connectivity index (χ0v) is 14.1. The van der Waals surface area contributed by atoms with Crippen LogP contribution in [0, 0.1) is 5.92 Å². The van der Waals surface area contributed by atoms with Gasteiger partial charge in [-0.05, 0) is 38.8 Å². The first-order valence-electron chi connectivity index (χ1n) is 7.74. The molecule has 0 aliphatic carbocycles. The van der Waals surface area contributed by atoms with Crippen molar-refractivity contribution in [1.29, 1.82) is 0 Å². The number of piperazine rings is 1. The molecule has 6 nitrogen and oxygen atoms in total. The van der Waals surface area contributed by atoms with Gasteiger partial charge >= 0.3 is 0 Å². The second kappa shape index (κ2) is 6.62. The van der Waals surface area contributed by atoms with Crippen molar-refractivity contribution in [1.82, 2.24) is 14.1 Å². The highest BCUT2D eigenvalue weighted by Crippen LogP contribution is 2.17. The number of amides is 1. The predicted octanol–water partition coefficient (Wildman–Crippen LogP) is 0.211. The van der Waals surface area contributed by atoms with Gasteiger partial charge in [0.05, 0.1) is 12.8 Å². The van der Waals surface area contributed by atoms with E-state index in [4.69, 9.17) is 0 Å².